The Kier molecular flexibility index (Phi) is 2.95. The van der Waals surface area contributed by atoms with Crippen molar-refractivity contribution in [1.82, 2.24) is 4.90 Å². The lowest BCUT2D eigenvalue weighted by Crippen LogP contribution is -2.50. The Morgan fingerprint density at radius 2 is 2.42 bits per heavy atom. The van der Waals surface area contributed by atoms with Crippen molar-refractivity contribution in [3.63, 3.8) is 0 Å². The van der Waals surface area contributed by atoms with Crippen LogP contribution in [0.1, 0.15) is 0 Å². The number of hydrogen-bond acceptors (Lipinski definition) is 4. The van der Waals surface area contributed by atoms with Gasteiger partial charge in [-0.05, 0) is 7.05 Å². The third-order valence-corrected chi connectivity index (χ3v) is 3.07. The number of likely N-dealkylation sites (N-methyl/N-ethyl adjacent to an activating group) is 1. The molecule has 0 aliphatic carbocycles. The minimum atomic E-state index is -0.843. The largest absolute Gasteiger partial charge is 0.480 e. The van der Waals surface area contributed by atoms with Gasteiger partial charge in [-0.15, -0.1) is 0 Å². The van der Waals surface area contributed by atoms with Gasteiger partial charge in [-0.2, -0.15) is 17.0 Å². The fourth-order valence-electron chi connectivity index (χ4n) is 1.12. The molecule has 1 aliphatic heterocycles. The third-order valence-electron chi connectivity index (χ3n) is 1.97. The zero-order valence-corrected chi connectivity index (χ0v) is 7.54. The summed E-state index contributed by atoms with van der Waals surface area (Å²) in [6.45, 7) is 0. The van der Waals surface area contributed by atoms with E-state index in [9.17, 15) is 4.79 Å². The predicted octanol–water partition coefficient (Wildman–Crippen LogP) is 0.0104. The van der Waals surface area contributed by atoms with Crippen LogP contribution in [0.25, 0.3) is 0 Å². The number of carbonyl (C=O) groups is 1. The van der Waals surface area contributed by atoms with Crippen molar-refractivity contribution in [1.29, 1.82) is 5.26 Å². The molecule has 2 atom stereocenters. The summed E-state index contributed by atoms with van der Waals surface area (Å²) >= 11 is 1.52. The first-order chi connectivity index (χ1) is 5.66. The molecule has 0 aromatic heterocycles. The van der Waals surface area contributed by atoms with Crippen LogP contribution in [0.15, 0.2) is 0 Å². The summed E-state index contributed by atoms with van der Waals surface area (Å²) in [5.74, 6) is 0.436. The molecule has 66 valence electrons. The lowest BCUT2D eigenvalue weighted by atomic mass is 10.2. The van der Waals surface area contributed by atoms with Gasteiger partial charge in [0.15, 0.2) is 0 Å². The maximum absolute atomic E-state index is 10.7. The van der Waals surface area contributed by atoms with Gasteiger partial charge in [-0.25, -0.2) is 0 Å². The average molecular weight is 186 g/mol. The topological polar surface area (TPSA) is 64.3 Å². The first-order valence-electron chi connectivity index (χ1n) is 3.59. The van der Waals surface area contributed by atoms with Crippen LogP contribution in [-0.2, 0) is 4.79 Å². The minimum absolute atomic E-state index is 0.259. The maximum atomic E-state index is 10.7. The molecule has 1 fully saturated rings. The van der Waals surface area contributed by atoms with E-state index >= 15 is 0 Å². The molecule has 0 bridgehead atoms. The highest BCUT2D eigenvalue weighted by molar-refractivity contribution is 7.99. The van der Waals surface area contributed by atoms with Gasteiger partial charge in [0.05, 0.1) is 6.07 Å². The zero-order valence-electron chi connectivity index (χ0n) is 6.73. The number of hydrogen-bond donors (Lipinski definition) is 1. The van der Waals surface area contributed by atoms with Crippen molar-refractivity contribution in [2.24, 2.45) is 0 Å². The SMILES string of the molecule is CN1[C@H](C#N)CSC[C@@H]1C(=O)O. The number of carboxylic acid groups (broad SMARTS) is 1. The van der Waals surface area contributed by atoms with Gasteiger partial charge in [0.2, 0.25) is 0 Å². The molecule has 1 heterocycles. The second-order valence-electron chi connectivity index (χ2n) is 2.70. The molecule has 12 heavy (non-hydrogen) atoms. The molecular formula is C7H10N2O2S. The quantitative estimate of drug-likeness (QED) is 0.625. The highest BCUT2D eigenvalue weighted by atomic mass is 32.2. The summed E-state index contributed by atoms with van der Waals surface area (Å²) in [4.78, 5) is 12.3. The lowest BCUT2D eigenvalue weighted by Gasteiger charge is -2.32. The van der Waals surface area contributed by atoms with Crippen molar-refractivity contribution in [3.05, 3.63) is 0 Å². The Bertz CT molecular complexity index is 226. The van der Waals surface area contributed by atoms with Gasteiger partial charge in [0.1, 0.15) is 12.1 Å². The lowest BCUT2D eigenvalue weighted by molar-refractivity contribution is -0.142. The molecule has 4 nitrogen and oxygen atoms in total. The highest BCUT2D eigenvalue weighted by Crippen LogP contribution is 2.19. The molecule has 1 saturated heterocycles. The maximum Gasteiger partial charge on any atom is 0.321 e. The Morgan fingerprint density at radius 3 is 2.92 bits per heavy atom. The molecule has 0 aromatic carbocycles. The van der Waals surface area contributed by atoms with Gasteiger partial charge in [-0.3, -0.25) is 9.69 Å². The predicted molar refractivity (Wildman–Crippen MR) is 45.9 cm³/mol. The standard InChI is InChI=1S/C7H10N2O2S/c1-9-5(2-8)3-12-4-6(9)7(10)11/h5-6H,3-4H2,1H3,(H,10,11)/t5-,6-/m1/s1. The van der Waals surface area contributed by atoms with E-state index in [-0.39, 0.29) is 6.04 Å². The van der Waals surface area contributed by atoms with Gasteiger partial charge in [-0.1, -0.05) is 0 Å². The number of aliphatic carboxylic acids is 1. The van der Waals surface area contributed by atoms with Gasteiger partial charge < -0.3 is 5.11 Å². The van der Waals surface area contributed by atoms with Gasteiger partial charge >= 0.3 is 5.97 Å². The summed E-state index contributed by atoms with van der Waals surface area (Å²) in [5.41, 5.74) is 0. The van der Waals surface area contributed by atoms with E-state index in [0.717, 1.165) is 0 Å². The second-order valence-corrected chi connectivity index (χ2v) is 3.78. The van der Waals surface area contributed by atoms with Crippen molar-refractivity contribution in [2.45, 2.75) is 12.1 Å². The number of rotatable bonds is 1. The summed E-state index contributed by atoms with van der Waals surface area (Å²) in [7, 11) is 1.69. The highest BCUT2D eigenvalue weighted by Gasteiger charge is 2.32. The summed E-state index contributed by atoms with van der Waals surface area (Å²) < 4.78 is 0. The van der Waals surface area contributed by atoms with Crippen molar-refractivity contribution in [3.8, 4) is 6.07 Å². The molecule has 0 spiro atoms. The molecular weight excluding hydrogens is 176 g/mol. The van der Waals surface area contributed by atoms with E-state index in [4.69, 9.17) is 10.4 Å². The van der Waals surface area contributed by atoms with Crippen LogP contribution in [0, 0.1) is 11.3 Å². The van der Waals surface area contributed by atoms with E-state index in [1.165, 1.54) is 11.8 Å². The van der Waals surface area contributed by atoms with E-state index in [1.54, 1.807) is 11.9 Å². The molecule has 0 amide bonds. The summed E-state index contributed by atoms with van der Waals surface area (Å²) in [6.07, 6.45) is 0. The molecule has 1 N–H and O–H groups in total. The van der Waals surface area contributed by atoms with Crippen LogP contribution < -0.4 is 0 Å². The normalized spacial score (nSPS) is 31.0. The summed E-state index contributed by atoms with van der Waals surface area (Å²) in [5, 5.41) is 17.4. The number of carboxylic acids is 1. The molecule has 0 saturated carbocycles. The van der Waals surface area contributed by atoms with Crippen LogP contribution in [0.2, 0.25) is 0 Å². The Morgan fingerprint density at radius 1 is 1.75 bits per heavy atom. The van der Waals surface area contributed by atoms with Crippen molar-refractivity contribution < 1.29 is 9.90 Å². The second kappa shape index (κ2) is 3.78. The van der Waals surface area contributed by atoms with Crippen LogP contribution in [-0.4, -0.2) is 46.6 Å². The van der Waals surface area contributed by atoms with Gasteiger partial charge in [0, 0.05) is 11.5 Å². The van der Waals surface area contributed by atoms with E-state index in [2.05, 4.69) is 6.07 Å². The Labute approximate surface area is 75.2 Å². The van der Waals surface area contributed by atoms with E-state index in [1.807, 2.05) is 0 Å². The fraction of sp³-hybridized carbons (Fsp3) is 0.714. The van der Waals surface area contributed by atoms with Crippen molar-refractivity contribution >= 4 is 17.7 Å². The van der Waals surface area contributed by atoms with Crippen LogP contribution in [0.5, 0.6) is 0 Å². The average Bonchev–Trinajstić information content (AvgIpc) is 2.04. The minimum Gasteiger partial charge on any atom is -0.480 e. The Balaban J connectivity index is 2.67. The molecule has 0 unspecified atom stereocenters. The fourth-order valence-corrected chi connectivity index (χ4v) is 2.39. The van der Waals surface area contributed by atoms with E-state index in [0.29, 0.717) is 11.5 Å². The van der Waals surface area contributed by atoms with Crippen LogP contribution in [0.3, 0.4) is 0 Å². The Hall–Kier alpha value is -0.730. The van der Waals surface area contributed by atoms with Crippen LogP contribution in [0.4, 0.5) is 0 Å². The molecule has 0 radical (unpaired) electrons. The molecule has 0 aromatic rings. The van der Waals surface area contributed by atoms with Gasteiger partial charge in [0.25, 0.3) is 0 Å². The molecule has 1 rings (SSSR count). The zero-order chi connectivity index (χ0) is 9.14. The van der Waals surface area contributed by atoms with Crippen molar-refractivity contribution in [2.75, 3.05) is 18.6 Å². The molecule has 1 aliphatic rings. The van der Waals surface area contributed by atoms with E-state index < -0.39 is 12.0 Å². The summed E-state index contributed by atoms with van der Waals surface area (Å²) in [6, 6.07) is 1.31. The third kappa shape index (κ3) is 1.71. The number of nitriles is 1. The first-order valence-corrected chi connectivity index (χ1v) is 4.74. The number of nitrogens with zero attached hydrogens (tertiary/aromatic N) is 2. The smallest absolute Gasteiger partial charge is 0.321 e. The monoisotopic (exact) mass is 186 g/mol. The van der Waals surface area contributed by atoms with Crippen LogP contribution >= 0.6 is 11.8 Å². The molecule has 5 heteroatoms. The first kappa shape index (κ1) is 9.36. The number of thioether (sulfide) groups is 1.